The van der Waals surface area contributed by atoms with Gasteiger partial charge in [0, 0.05) is 12.8 Å². The molecule has 15 heteroatoms. The number of amides is 3. The van der Waals surface area contributed by atoms with Crippen molar-refractivity contribution >= 4 is 41.6 Å². The molecule has 1 rings (SSSR count). The highest BCUT2D eigenvalue weighted by molar-refractivity contribution is 5.95. The molecule has 37 heavy (non-hydrogen) atoms. The first-order chi connectivity index (χ1) is 17.3. The smallest absolute Gasteiger partial charge is 0.326 e. The Hall–Kier alpha value is -4.53. The standard InChI is InChI=1S/C22H28N4O11/c23-12(9-17(29)30)19(33)25-14(8-11-4-2-1-3-5-11)21(35)24-13(6-7-16(27)28)20(34)26-15(22(36)37)10-18(31)32/h1-5,12-15H,6-10,23H2,(H,24,35)(H,25,33)(H,26,34)(H,27,28)(H,29,30)(H,31,32)(H,36,37). The predicted octanol–water partition coefficient (Wildman–Crippen LogP) is -2.09. The van der Waals surface area contributed by atoms with Gasteiger partial charge in [-0.05, 0) is 12.0 Å². The molecule has 0 saturated heterocycles. The average molecular weight is 524 g/mol. The maximum atomic E-state index is 13.1. The zero-order valence-electron chi connectivity index (χ0n) is 19.5. The van der Waals surface area contributed by atoms with Gasteiger partial charge in [-0.3, -0.25) is 28.8 Å². The van der Waals surface area contributed by atoms with E-state index in [0.29, 0.717) is 5.56 Å². The van der Waals surface area contributed by atoms with E-state index < -0.39 is 91.4 Å². The molecule has 4 atom stereocenters. The number of carbonyl (C=O) groups is 7. The van der Waals surface area contributed by atoms with E-state index in [1.165, 1.54) is 0 Å². The molecule has 0 aliphatic carbocycles. The van der Waals surface area contributed by atoms with E-state index in [4.69, 9.17) is 26.2 Å². The lowest BCUT2D eigenvalue weighted by Gasteiger charge is -2.25. The Bertz CT molecular complexity index is 1020. The number of rotatable bonds is 16. The van der Waals surface area contributed by atoms with Crippen LogP contribution < -0.4 is 21.7 Å². The van der Waals surface area contributed by atoms with Crippen molar-refractivity contribution in [1.29, 1.82) is 0 Å². The van der Waals surface area contributed by atoms with Crippen molar-refractivity contribution < 1.29 is 54.0 Å². The van der Waals surface area contributed by atoms with Crippen molar-refractivity contribution in [3.05, 3.63) is 35.9 Å². The molecule has 9 N–H and O–H groups in total. The Morgan fingerprint density at radius 3 is 1.70 bits per heavy atom. The summed E-state index contributed by atoms with van der Waals surface area (Å²) >= 11 is 0. The number of carbonyl (C=O) groups excluding carboxylic acids is 3. The summed E-state index contributed by atoms with van der Waals surface area (Å²) in [5.41, 5.74) is 6.12. The second-order valence-electron chi connectivity index (χ2n) is 7.95. The Balaban J connectivity index is 3.15. The molecule has 0 aliphatic heterocycles. The van der Waals surface area contributed by atoms with Gasteiger partial charge < -0.3 is 42.1 Å². The van der Waals surface area contributed by atoms with Gasteiger partial charge in [-0.15, -0.1) is 0 Å². The molecule has 1 aromatic carbocycles. The Morgan fingerprint density at radius 2 is 1.19 bits per heavy atom. The topological polar surface area (TPSA) is 263 Å². The van der Waals surface area contributed by atoms with Crippen LogP contribution in [0.15, 0.2) is 30.3 Å². The minimum absolute atomic E-state index is 0.123. The summed E-state index contributed by atoms with van der Waals surface area (Å²) in [5.74, 6) is -8.99. The van der Waals surface area contributed by atoms with Crippen LogP contribution in [0.2, 0.25) is 0 Å². The normalized spacial score (nSPS) is 13.8. The third-order valence-electron chi connectivity index (χ3n) is 4.92. The van der Waals surface area contributed by atoms with Gasteiger partial charge in [-0.25, -0.2) is 4.79 Å². The monoisotopic (exact) mass is 524 g/mol. The van der Waals surface area contributed by atoms with Gasteiger partial charge in [0.05, 0.1) is 18.9 Å². The Labute approximate surface area is 210 Å². The van der Waals surface area contributed by atoms with Gasteiger partial charge in [0.15, 0.2) is 0 Å². The summed E-state index contributed by atoms with van der Waals surface area (Å²) in [6.45, 7) is 0. The summed E-state index contributed by atoms with van der Waals surface area (Å²) in [6.07, 6.45) is -2.93. The van der Waals surface area contributed by atoms with Gasteiger partial charge in [0.1, 0.15) is 18.1 Å². The van der Waals surface area contributed by atoms with E-state index in [1.807, 2.05) is 5.32 Å². The summed E-state index contributed by atoms with van der Waals surface area (Å²) in [6, 6.07) is 1.90. The molecular weight excluding hydrogens is 496 g/mol. The summed E-state index contributed by atoms with van der Waals surface area (Å²) in [5, 5.41) is 42.4. The van der Waals surface area contributed by atoms with Crippen molar-refractivity contribution in [3.8, 4) is 0 Å². The van der Waals surface area contributed by atoms with Crippen LogP contribution in [0.3, 0.4) is 0 Å². The molecule has 0 fully saturated rings. The van der Waals surface area contributed by atoms with Gasteiger partial charge in [-0.1, -0.05) is 30.3 Å². The van der Waals surface area contributed by atoms with E-state index >= 15 is 0 Å². The van der Waals surface area contributed by atoms with E-state index in [9.17, 15) is 33.6 Å². The van der Waals surface area contributed by atoms with Crippen molar-refractivity contribution in [2.75, 3.05) is 0 Å². The molecule has 0 aliphatic rings. The molecule has 0 bridgehead atoms. The summed E-state index contributed by atoms with van der Waals surface area (Å²) in [7, 11) is 0. The number of benzene rings is 1. The van der Waals surface area contributed by atoms with E-state index in [-0.39, 0.29) is 6.42 Å². The fourth-order valence-electron chi connectivity index (χ4n) is 3.07. The third-order valence-corrected chi connectivity index (χ3v) is 4.92. The largest absolute Gasteiger partial charge is 0.481 e. The van der Waals surface area contributed by atoms with Crippen molar-refractivity contribution in [1.82, 2.24) is 16.0 Å². The first-order valence-electron chi connectivity index (χ1n) is 10.9. The minimum Gasteiger partial charge on any atom is -0.481 e. The second kappa shape index (κ2) is 14.8. The Kier molecular flexibility index (Phi) is 12.2. The number of nitrogens with two attached hydrogens (primary N) is 1. The van der Waals surface area contributed by atoms with Gasteiger partial charge in [0.25, 0.3) is 0 Å². The van der Waals surface area contributed by atoms with Crippen LogP contribution in [0.1, 0.15) is 31.2 Å². The summed E-state index contributed by atoms with van der Waals surface area (Å²) < 4.78 is 0. The van der Waals surface area contributed by atoms with Crippen LogP contribution in [0, 0.1) is 0 Å². The zero-order valence-corrected chi connectivity index (χ0v) is 19.5. The fraction of sp³-hybridized carbons (Fsp3) is 0.409. The Morgan fingerprint density at radius 1 is 0.676 bits per heavy atom. The van der Waals surface area contributed by atoms with E-state index in [2.05, 4.69) is 10.6 Å². The highest BCUT2D eigenvalue weighted by atomic mass is 16.4. The van der Waals surface area contributed by atoms with E-state index in [1.54, 1.807) is 30.3 Å². The first-order valence-corrected chi connectivity index (χ1v) is 10.9. The highest BCUT2D eigenvalue weighted by Crippen LogP contribution is 2.07. The fourth-order valence-corrected chi connectivity index (χ4v) is 3.07. The number of carboxylic acids is 4. The lowest BCUT2D eigenvalue weighted by molar-refractivity contribution is -0.147. The lowest BCUT2D eigenvalue weighted by Crippen LogP contribution is -2.58. The van der Waals surface area contributed by atoms with Crippen LogP contribution in [0.5, 0.6) is 0 Å². The second-order valence-corrected chi connectivity index (χ2v) is 7.95. The van der Waals surface area contributed by atoms with Crippen molar-refractivity contribution in [2.24, 2.45) is 5.73 Å². The molecule has 0 aromatic heterocycles. The molecule has 15 nitrogen and oxygen atoms in total. The van der Waals surface area contributed by atoms with Crippen LogP contribution in [0.25, 0.3) is 0 Å². The molecule has 0 radical (unpaired) electrons. The molecular formula is C22H28N4O11. The maximum absolute atomic E-state index is 13.1. The minimum atomic E-state index is -1.86. The number of carboxylic acid groups (broad SMARTS) is 4. The lowest BCUT2D eigenvalue weighted by atomic mass is 10.0. The van der Waals surface area contributed by atoms with Crippen molar-refractivity contribution in [2.45, 2.75) is 56.3 Å². The van der Waals surface area contributed by atoms with Crippen LogP contribution in [-0.4, -0.2) is 86.2 Å². The zero-order chi connectivity index (χ0) is 28.1. The number of nitrogens with one attached hydrogen (secondary N) is 3. The average Bonchev–Trinajstić information content (AvgIpc) is 2.80. The SMILES string of the molecule is NC(CC(=O)O)C(=O)NC(Cc1ccccc1)C(=O)NC(CCC(=O)O)C(=O)NC(CC(=O)O)C(=O)O. The number of hydrogen-bond acceptors (Lipinski definition) is 8. The molecule has 1 aromatic rings. The first kappa shape index (κ1) is 30.5. The number of hydrogen-bond donors (Lipinski definition) is 8. The molecule has 4 unspecified atom stereocenters. The molecule has 0 spiro atoms. The van der Waals surface area contributed by atoms with Gasteiger partial charge >= 0.3 is 23.9 Å². The van der Waals surface area contributed by atoms with E-state index in [0.717, 1.165) is 0 Å². The van der Waals surface area contributed by atoms with Crippen LogP contribution in [-0.2, 0) is 40.0 Å². The quantitative estimate of drug-likeness (QED) is 0.116. The van der Waals surface area contributed by atoms with Crippen LogP contribution >= 0.6 is 0 Å². The maximum Gasteiger partial charge on any atom is 0.326 e. The molecule has 3 amide bonds. The van der Waals surface area contributed by atoms with Gasteiger partial charge in [0.2, 0.25) is 17.7 Å². The number of aliphatic carboxylic acids is 4. The molecule has 202 valence electrons. The summed E-state index contributed by atoms with van der Waals surface area (Å²) in [4.78, 5) is 82.2. The highest BCUT2D eigenvalue weighted by Gasteiger charge is 2.31. The molecule has 0 saturated carbocycles. The molecule has 0 heterocycles. The predicted molar refractivity (Wildman–Crippen MR) is 123 cm³/mol. The van der Waals surface area contributed by atoms with Crippen molar-refractivity contribution in [3.63, 3.8) is 0 Å². The van der Waals surface area contributed by atoms with Crippen LogP contribution in [0.4, 0.5) is 0 Å². The third kappa shape index (κ3) is 11.6. The van der Waals surface area contributed by atoms with Gasteiger partial charge in [-0.2, -0.15) is 0 Å².